The number of amides is 1. The number of ether oxygens (including phenoxy) is 1. The zero-order valence-electron chi connectivity index (χ0n) is 14.5. The number of carbonyl (C=O) groups is 1. The summed E-state index contributed by atoms with van der Waals surface area (Å²) in [4.78, 5) is 13.5. The lowest BCUT2D eigenvalue weighted by Gasteiger charge is -2.24. The average molecular weight is 335 g/mol. The first-order chi connectivity index (χ1) is 11.0. The van der Waals surface area contributed by atoms with Gasteiger partial charge in [0, 0.05) is 13.5 Å². The van der Waals surface area contributed by atoms with E-state index in [2.05, 4.69) is 0 Å². The van der Waals surface area contributed by atoms with Crippen molar-refractivity contribution in [3.05, 3.63) is 29.3 Å². The van der Waals surface area contributed by atoms with Gasteiger partial charge in [-0.2, -0.15) is 0 Å². The summed E-state index contributed by atoms with van der Waals surface area (Å²) in [6, 6.07) is 5.26. The van der Waals surface area contributed by atoms with Gasteiger partial charge in [-0.3, -0.25) is 4.79 Å². The molecule has 4 atom stereocenters. The lowest BCUT2D eigenvalue weighted by atomic mass is 9.92. The zero-order valence-corrected chi connectivity index (χ0v) is 14.5. The lowest BCUT2D eigenvalue weighted by Crippen LogP contribution is -2.43. The summed E-state index contributed by atoms with van der Waals surface area (Å²) >= 11 is 0. The van der Waals surface area contributed by atoms with Crippen molar-refractivity contribution < 1.29 is 24.9 Å². The van der Waals surface area contributed by atoms with E-state index in [0.29, 0.717) is 12.8 Å². The fraction of sp³-hybridized carbons (Fsp3) is 0.611. The van der Waals surface area contributed by atoms with Gasteiger partial charge in [-0.05, 0) is 44.4 Å². The molecule has 1 aromatic rings. The molecule has 0 saturated carbocycles. The highest BCUT2D eigenvalue weighted by molar-refractivity contribution is 5.88. The van der Waals surface area contributed by atoms with E-state index in [1.807, 2.05) is 18.2 Å². The van der Waals surface area contributed by atoms with Crippen molar-refractivity contribution >= 4 is 5.91 Å². The third-order valence-electron chi connectivity index (χ3n) is 5.22. The molecule has 1 fully saturated rings. The average Bonchev–Trinajstić information content (AvgIpc) is 2.98. The molecule has 0 aliphatic carbocycles. The molecule has 1 amide bonds. The van der Waals surface area contributed by atoms with Crippen LogP contribution in [0.1, 0.15) is 31.9 Å². The Balaban J connectivity index is 1.79. The normalized spacial score (nSPS) is 32.9. The predicted molar refractivity (Wildman–Crippen MR) is 87.8 cm³/mol. The molecule has 0 radical (unpaired) electrons. The number of hydrogen-bond donors (Lipinski definition) is 3. The topological polar surface area (TPSA) is 90.2 Å². The number of likely N-dealkylation sites (tertiary alicyclic amines) is 1. The van der Waals surface area contributed by atoms with Gasteiger partial charge in [-0.25, -0.2) is 0 Å². The van der Waals surface area contributed by atoms with E-state index in [4.69, 9.17) is 4.74 Å². The second kappa shape index (κ2) is 5.44. The SMILES string of the molecule is CN1C(=O)[C@@](C)(O)[C@@H](O)[C@@H]1Cc1ccc2c(c1)C[C@H](C(C)(C)O)O2. The number of nitrogens with zero attached hydrogens (tertiary/aromatic N) is 1. The van der Waals surface area contributed by atoms with Gasteiger partial charge in [0.1, 0.15) is 18.0 Å². The van der Waals surface area contributed by atoms with Crippen molar-refractivity contribution in [1.82, 2.24) is 4.90 Å². The first-order valence-corrected chi connectivity index (χ1v) is 8.20. The summed E-state index contributed by atoms with van der Waals surface area (Å²) in [5.74, 6) is 0.292. The maximum atomic E-state index is 12.0. The molecule has 6 nitrogen and oxygen atoms in total. The monoisotopic (exact) mass is 335 g/mol. The van der Waals surface area contributed by atoms with E-state index < -0.39 is 29.3 Å². The van der Waals surface area contributed by atoms with Gasteiger partial charge in [0.15, 0.2) is 5.60 Å². The number of benzene rings is 1. The number of rotatable bonds is 3. The lowest BCUT2D eigenvalue weighted by molar-refractivity contribution is -0.144. The maximum absolute atomic E-state index is 12.0. The molecule has 0 unspecified atom stereocenters. The molecule has 1 saturated heterocycles. The highest BCUT2D eigenvalue weighted by atomic mass is 16.5. The molecule has 0 bridgehead atoms. The van der Waals surface area contributed by atoms with Crippen molar-refractivity contribution in [3.63, 3.8) is 0 Å². The highest BCUT2D eigenvalue weighted by Gasteiger charge is 2.53. The first-order valence-electron chi connectivity index (χ1n) is 8.20. The first kappa shape index (κ1) is 17.2. The molecular weight excluding hydrogens is 310 g/mol. The molecule has 2 aliphatic heterocycles. The van der Waals surface area contributed by atoms with Gasteiger partial charge in [-0.1, -0.05) is 12.1 Å². The van der Waals surface area contributed by atoms with E-state index in [-0.39, 0.29) is 6.10 Å². The van der Waals surface area contributed by atoms with Gasteiger partial charge < -0.3 is 25.0 Å². The summed E-state index contributed by atoms with van der Waals surface area (Å²) in [5, 5.41) is 30.5. The minimum atomic E-state index is -1.74. The van der Waals surface area contributed by atoms with Gasteiger partial charge in [-0.15, -0.1) is 0 Å². The zero-order chi connectivity index (χ0) is 17.9. The summed E-state index contributed by atoms with van der Waals surface area (Å²) in [7, 11) is 1.60. The predicted octanol–water partition coefficient (Wildman–Crippen LogP) is 0.256. The van der Waals surface area contributed by atoms with Crippen LogP contribution in [0.15, 0.2) is 18.2 Å². The Morgan fingerprint density at radius 3 is 2.62 bits per heavy atom. The van der Waals surface area contributed by atoms with Crippen LogP contribution < -0.4 is 4.74 Å². The Labute approximate surface area is 141 Å². The maximum Gasteiger partial charge on any atom is 0.257 e. The summed E-state index contributed by atoms with van der Waals surface area (Å²) in [5.41, 5.74) is -0.708. The van der Waals surface area contributed by atoms with E-state index in [0.717, 1.165) is 16.9 Å². The third kappa shape index (κ3) is 2.68. The van der Waals surface area contributed by atoms with E-state index >= 15 is 0 Å². The fourth-order valence-corrected chi connectivity index (χ4v) is 3.53. The van der Waals surface area contributed by atoms with Crippen LogP contribution in [0, 0.1) is 0 Å². The van der Waals surface area contributed by atoms with E-state index in [9.17, 15) is 20.1 Å². The van der Waals surface area contributed by atoms with Crippen molar-refractivity contribution in [3.8, 4) is 5.75 Å². The molecule has 2 heterocycles. The van der Waals surface area contributed by atoms with E-state index in [1.54, 1.807) is 20.9 Å². The number of hydrogen-bond acceptors (Lipinski definition) is 5. The Hall–Kier alpha value is -1.63. The van der Waals surface area contributed by atoms with Crippen molar-refractivity contribution in [1.29, 1.82) is 0 Å². The number of likely N-dealkylation sites (N-methyl/N-ethyl adjacent to an activating group) is 1. The standard InChI is InChI=1S/C18H25NO5/c1-17(2,22)14-9-11-7-10(5-6-13(11)24-14)8-12-15(20)18(3,23)16(21)19(12)4/h5-7,12,14-15,20,22-23H,8-9H2,1-4H3/t12-,14+,15-,18-/m0/s1. The molecule has 3 N–H and O–H groups in total. The van der Waals surface area contributed by atoms with Gasteiger partial charge in [0.05, 0.1) is 11.6 Å². The minimum absolute atomic E-state index is 0.287. The Kier molecular flexibility index (Phi) is 3.90. The minimum Gasteiger partial charge on any atom is -0.487 e. The molecule has 0 aromatic heterocycles. The highest BCUT2D eigenvalue weighted by Crippen LogP contribution is 2.35. The number of fused-ring (bicyclic) bond motifs is 1. The van der Waals surface area contributed by atoms with Gasteiger partial charge in [0.25, 0.3) is 5.91 Å². The van der Waals surface area contributed by atoms with Crippen LogP contribution in [-0.2, 0) is 17.6 Å². The van der Waals surface area contributed by atoms with Gasteiger partial charge in [0.2, 0.25) is 0 Å². The number of carbonyl (C=O) groups excluding carboxylic acids is 1. The molecule has 132 valence electrons. The van der Waals surface area contributed by atoms with Crippen LogP contribution in [0.4, 0.5) is 0 Å². The van der Waals surface area contributed by atoms with Crippen LogP contribution in [0.25, 0.3) is 0 Å². The molecule has 3 rings (SSSR count). The smallest absolute Gasteiger partial charge is 0.257 e. The summed E-state index contributed by atoms with van der Waals surface area (Å²) < 4.78 is 5.78. The second-order valence-electron chi connectivity index (χ2n) is 7.69. The largest absolute Gasteiger partial charge is 0.487 e. The van der Waals surface area contributed by atoms with Gasteiger partial charge >= 0.3 is 0 Å². The van der Waals surface area contributed by atoms with Crippen LogP contribution in [0.3, 0.4) is 0 Å². The number of aliphatic hydroxyl groups is 3. The Bertz CT molecular complexity index is 664. The molecular formula is C18H25NO5. The summed E-state index contributed by atoms with van der Waals surface area (Å²) in [6.45, 7) is 4.80. The molecule has 1 aromatic carbocycles. The molecule has 2 aliphatic rings. The fourth-order valence-electron chi connectivity index (χ4n) is 3.53. The molecule has 6 heteroatoms. The third-order valence-corrected chi connectivity index (χ3v) is 5.22. The molecule has 24 heavy (non-hydrogen) atoms. The van der Waals surface area contributed by atoms with Crippen LogP contribution in [0.2, 0.25) is 0 Å². The molecule has 0 spiro atoms. The Morgan fingerprint density at radius 1 is 1.42 bits per heavy atom. The Morgan fingerprint density at radius 2 is 2.08 bits per heavy atom. The second-order valence-corrected chi connectivity index (χ2v) is 7.69. The van der Waals surface area contributed by atoms with Crippen LogP contribution >= 0.6 is 0 Å². The van der Waals surface area contributed by atoms with Crippen LogP contribution in [-0.4, -0.2) is 62.6 Å². The quantitative estimate of drug-likeness (QED) is 0.737. The van der Waals surface area contributed by atoms with Crippen molar-refractivity contribution in [2.24, 2.45) is 0 Å². The summed E-state index contributed by atoms with van der Waals surface area (Å²) in [6.07, 6.45) is -0.361. The van der Waals surface area contributed by atoms with E-state index in [1.165, 1.54) is 11.8 Å². The van der Waals surface area contributed by atoms with Crippen molar-refractivity contribution in [2.45, 2.75) is 63.1 Å². The van der Waals surface area contributed by atoms with Crippen molar-refractivity contribution in [2.75, 3.05) is 7.05 Å². The number of aliphatic hydroxyl groups excluding tert-OH is 1. The van der Waals surface area contributed by atoms with Crippen LogP contribution in [0.5, 0.6) is 5.75 Å².